The van der Waals surface area contributed by atoms with Gasteiger partial charge in [0.2, 0.25) is 0 Å². The third-order valence-corrected chi connectivity index (χ3v) is 8.39. The number of fused-ring (bicyclic) bond motifs is 3. The van der Waals surface area contributed by atoms with Crippen LogP contribution in [0.3, 0.4) is 0 Å². The van der Waals surface area contributed by atoms with E-state index in [1.165, 1.54) is 13.2 Å². The number of benzene rings is 1. The Kier molecular flexibility index (Phi) is 15.7. The van der Waals surface area contributed by atoms with Gasteiger partial charge in [-0.1, -0.05) is 32.9 Å². The number of anilines is 1. The number of nitrogens with zero attached hydrogens (tertiary/aromatic N) is 2. The fraction of sp³-hybridized carbons (Fsp3) is 0.724. The first-order valence-electron chi connectivity index (χ1n) is 13.5. The van der Waals surface area contributed by atoms with Crippen LogP contribution in [-0.2, 0) is 14.3 Å². The van der Waals surface area contributed by atoms with E-state index in [1.54, 1.807) is 13.2 Å². The number of amides is 1. The molecule has 230 valence electrons. The molecule has 4 saturated heterocycles. The smallest absolute Gasteiger partial charge is 0.306 e. The predicted octanol–water partition coefficient (Wildman–Crippen LogP) is 4.33. The monoisotopic (exact) mass is 602 g/mol. The van der Waals surface area contributed by atoms with Gasteiger partial charge in [0.05, 0.1) is 35.5 Å². The van der Waals surface area contributed by atoms with Gasteiger partial charge < -0.3 is 30.2 Å². The molecule has 3 N–H and O–H groups in total. The highest BCUT2D eigenvalue weighted by molar-refractivity contribution is 7.59. The summed E-state index contributed by atoms with van der Waals surface area (Å²) < 4.78 is 16.8. The van der Waals surface area contributed by atoms with Crippen LogP contribution >= 0.6 is 25.1 Å². The van der Waals surface area contributed by atoms with Crippen LogP contribution in [-0.4, -0.2) is 93.4 Å². The number of piperidine rings is 4. The van der Waals surface area contributed by atoms with Crippen molar-refractivity contribution >= 4 is 42.7 Å². The van der Waals surface area contributed by atoms with Gasteiger partial charge in [-0.3, -0.25) is 14.5 Å². The molecule has 3 atom stereocenters. The number of nitrogen functional groups attached to an aromatic ring is 1. The first-order chi connectivity index (χ1) is 17.9. The Morgan fingerprint density at radius 2 is 1.75 bits per heavy atom. The average Bonchev–Trinajstić information content (AvgIpc) is 2.91. The van der Waals surface area contributed by atoms with Crippen LogP contribution < -0.4 is 15.8 Å². The minimum atomic E-state index is -0.260. The number of nitrogens with two attached hydrogens (primary N) is 1. The van der Waals surface area contributed by atoms with E-state index in [4.69, 9.17) is 31.5 Å². The van der Waals surface area contributed by atoms with E-state index in [2.05, 4.69) is 15.1 Å². The molecule has 9 nitrogen and oxygen atoms in total. The highest BCUT2D eigenvalue weighted by Gasteiger charge is 2.36. The molecular weight excluding hydrogens is 552 g/mol. The molecule has 4 fully saturated rings. The number of ether oxygens (including phenoxy) is 3. The Labute approximate surface area is 252 Å². The third-order valence-electron chi connectivity index (χ3n) is 8.06. The number of unbranched alkanes of at least 4 members (excludes halogenated alkanes) is 2. The summed E-state index contributed by atoms with van der Waals surface area (Å²) in [6.07, 6.45) is 6.42. The van der Waals surface area contributed by atoms with E-state index in [9.17, 15) is 9.59 Å². The van der Waals surface area contributed by atoms with Crippen molar-refractivity contribution in [2.75, 3.05) is 59.2 Å². The maximum Gasteiger partial charge on any atom is 0.306 e. The standard InChI is InChI=1S/C27H41ClN4O5.2CH4.H2S/c1-35-23-15-21(29)20(28)14-19(23)27(34)30-22-9-13-31(17-25(22)36-2)10-5-3-4-6-26(33)37-24-16-32-11-7-18(24)8-12-32;;;/h14-15,18,22,24-25H,3-13,16-17,29H2,1-2H3,(H,30,34);2*1H4;1H2/t22-,24+,25+;;;/m1.../s1. The van der Waals surface area contributed by atoms with E-state index in [0.717, 1.165) is 77.8 Å². The fourth-order valence-corrected chi connectivity index (χ4v) is 5.97. The number of nitrogens with one attached hydrogen (secondary N) is 1. The summed E-state index contributed by atoms with van der Waals surface area (Å²) in [5, 5.41) is 3.40. The molecule has 0 saturated carbocycles. The maximum atomic E-state index is 13.0. The lowest BCUT2D eigenvalue weighted by Gasteiger charge is -2.43. The molecule has 0 spiro atoms. The predicted molar refractivity (Wildman–Crippen MR) is 167 cm³/mol. The summed E-state index contributed by atoms with van der Waals surface area (Å²) in [5.41, 5.74) is 6.56. The zero-order valence-corrected chi connectivity index (χ0v) is 24.3. The van der Waals surface area contributed by atoms with Gasteiger partial charge in [0.15, 0.2) is 0 Å². The van der Waals surface area contributed by atoms with E-state index < -0.39 is 0 Å². The number of halogens is 1. The summed E-state index contributed by atoms with van der Waals surface area (Å²) in [5.74, 6) is 0.637. The van der Waals surface area contributed by atoms with E-state index >= 15 is 0 Å². The normalized spacial score (nSPS) is 25.5. The quantitative estimate of drug-likeness (QED) is 0.219. The van der Waals surface area contributed by atoms with Gasteiger partial charge >= 0.3 is 5.97 Å². The number of hydrogen-bond donors (Lipinski definition) is 2. The molecule has 40 heavy (non-hydrogen) atoms. The second-order valence-corrected chi connectivity index (χ2v) is 10.9. The van der Waals surface area contributed by atoms with Crippen molar-refractivity contribution in [1.82, 2.24) is 15.1 Å². The van der Waals surface area contributed by atoms with Crippen LogP contribution in [0.5, 0.6) is 5.75 Å². The Morgan fingerprint density at radius 3 is 2.38 bits per heavy atom. The van der Waals surface area contributed by atoms with Crippen molar-refractivity contribution in [3.8, 4) is 5.75 Å². The Morgan fingerprint density at radius 1 is 1.02 bits per heavy atom. The number of rotatable bonds is 11. The lowest BCUT2D eigenvalue weighted by atomic mass is 9.86. The van der Waals surface area contributed by atoms with Gasteiger partial charge in [0, 0.05) is 39.2 Å². The van der Waals surface area contributed by atoms with Crippen LogP contribution in [0, 0.1) is 5.92 Å². The number of hydrogen-bond acceptors (Lipinski definition) is 8. The number of carbonyl (C=O) groups is 2. The zero-order chi connectivity index (χ0) is 26.4. The van der Waals surface area contributed by atoms with Gasteiger partial charge in [-0.15, -0.1) is 0 Å². The molecule has 1 aromatic carbocycles. The minimum absolute atomic E-state index is 0. The molecule has 1 amide bonds. The molecule has 2 bridgehead atoms. The first-order valence-corrected chi connectivity index (χ1v) is 13.9. The molecule has 0 unspecified atom stereocenters. The summed E-state index contributed by atoms with van der Waals surface area (Å²) in [6.45, 7) is 5.76. The highest BCUT2D eigenvalue weighted by Crippen LogP contribution is 2.30. The Bertz CT molecular complexity index is 947. The molecule has 11 heteroatoms. The van der Waals surface area contributed by atoms with E-state index in [-0.39, 0.29) is 58.5 Å². The second kappa shape index (κ2) is 17.3. The SMILES string of the molecule is C.C.COc1cc(N)c(Cl)cc1C(=O)N[C@@H]1CCN(CCCCCC(=O)O[C@H]2CN3CCC2CC3)C[C@@H]1OC.S. The van der Waals surface area contributed by atoms with Gasteiger partial charge in [0.25, 0.3) is 5.91 Å². The molecule has 0 radical (unpaired) electrons. The summed E-state index contributed by atoms with van der Waals surface area (Å²) in [6, 6.07) is 2.98. The fourth-order valence-electron chi connectivity index (χ4n) is 5.80. The molecular formula is C29H51ClN4O5S. The van der Waals surface area contributed by atoms with Crippen LogP contribution in [0.1, 0.15) is 70.2 Å². The van der Waals surface area contributed by atoms with Gasteiger partial charge in [-0.2, -0.15) is 13.5 Å². The van der Waals surface area contributed by atoms with Gasteiger partial charge in [-0.25, -0.2) is 0 Å². The van der Waals surface area contributed by atoms with Crippen molar-refractivity contribution in [3.63, 3.8) is 0 Å². The molecule has 4 heterocycles. The third kappa shape index (κ3) is 9.41. The summed E-state index contributed by atoms with van der Waals surface area (Å²) in [7, 11) is 3.17. The molecule has 0 aliphatic carbocycles. The van der Waals surface area contributed by atoms with Gasteiger partial charge in [0.1, 0.15) is 11.9 Å². The lowest BCUT2D eigenvalue weighted by molar-refractivity contribution is -0.158. The number of esters is 1. The summed E-state index contributed by atoms with van der Waals surface area (Å²) >= 11 is 6.13. The summed E-state index contributed by atoms with van der Waals surface area (Å²) in [4.78, 5) is 30.0. The topological polar surface area (TPSA) is 106 Å². The van der Waals surface area contributed by atoms with Crippen molar-refractivity contribution in [2.45, 2.75) is 78.0 Å². The number of likely N-dealkylation sites (tertiary alicyclic amines) is 1. The van der Waals surface area contributed by atoms with Gasteiger partial charge in [-0.05, 0) is 63.7 Å². The highest BCUT2D eigenvalue weighted by atomic mass is 35.5. The zero-order valence-electron chi connectivity index (χ0n) is 22.5. The molecule has 4 aliphatic rings. The van der Waals surface area contributed by atoms with Crippen molar-refractivity contribution in [2.24, 2.45) is 5.92 Å². The van der Waals surface area contributed by atoms with Crippen molar-refractivity contribution in [1.29, 1.82) is 0 Å². The average molecular weight is 603 g/mol. The largest absolute Gasteiger partial charge is 0.496 e. The molecule has 0 aromatic heterocycles. The lowest BCUT2D eigenvalue weighted by Crippen LogP contribution is -2.54. The molecule has 1 aromatic rings. The van der Waals surface area contributed by atoms with Crippen LogP contribution in [0.15, 0.2) is 12.1 Å². The Balaban J connectivity index is 0.00000267. The maximum absolute atomic E-state index is 13.0. The first kappa shape index (κ1) is 36.3. The second-order valence-electron chi connectivity index (χ2n) is 10.5. The minimum Gasteiger partial charge on any atom is -0.496 e. The van der Waals surface area contributed by atoms with Crippen molar-refractivity contribution in [3.05, 3.63) is 22.7 Å². The van der Waals surface area contributed by atoms with Crippen LogP contribution in [0.4, 0.5) is 5.69 Å². The number of carbonyl (C=O) groups excluding carboxylic acids is 2. The molecule has 5 rings (SSSR count). The van der Waals surface area contributed by atoms with Crippen LogP contribution in [0.2, 0.25) is 5.02 Å². The Hall–Kier alpha value is -1.72. The van der Waals surface area contributed by atoms with E-state index in [0.29, 0.717) is 34.4 Å². The van der Waals surface area contributed by atoms with Crippen LogP contribution in [0.25, 0.3) is 0 Å². The number of methoxy groups -OCH3 is 2. The van der Waals surface area contributed by atoms with Crippen molar-refractivity contribution < 1.29 is 23.8 Å². The van der Waals surface area contributed by atoms with E-state index in [1.807, 2.05) is 0 Å². The molecule has 4 aliphatic heterocycles.